The Labute approximate surface area is 95.6 Å². The molecule has 3 N–H and O–H groups in total. The SMILES string of the molecule is CC(C)(CCC(=O)O)NC(=O)CC1CNC1. The molecule has 16 heavy (non-hydrogen) atoms. The van der Waals surface area contributed by atoms with Crippen LogP contribution >= 0.6 is 0 Å². The quantitative estimate of drug-likeness (QED) is 0.613. The molecular formula is C11H20N2O3. The normalized spacial score (nSPS) is 16.6. The molecule has 1 saturated heterocycles. The first kappa shape index (κ1) is 13.0. The summed E-state index contributed by atoms with van der Waals surface area (Å²) in [4.78, 5) is 22.1. The topological polar surface area (TPSA) is 78.4 Å². The fraction of sp³-hybridized carbons (Fsp3) is 0.818. The fourth-order valence-electron chi connectivity index (χ4n) is 1.67. The van der Waals surface area contributed by atoms with Crippen LogP contribution in [-0.2, 0) is 9.59 Å². The summed E-state index contributed by atoms with van der Waals surface area (Å²) in [5, 5.41) is 14.6. The molecule has 0 aromatic heterocycles. The maximum Gasteiger partial charge on any atom is 0.303 e. The van der Waals surface area contributed by atoms with Gasteiger partial charge < -0.3 is 15.7 Å². The molecule has 0 bridgehead atoms. The highest BCUT2D eigenvalue weighted by molar-refractivity contribution is 5.77. The molecule has 1 rings (SSSR count). The highest BCUT2D eigenvalue weighted by Gasteiger charge is 2.25. The van der Waals surface area contributed by atoms with Crippen LogP contribution in [0, 0.1) is 5.92 Å². The Morgan fingerprint density at radius 1 is 1.44 bits per heavy atom. The van der Waals surface area contributed by atoms with Gasteiger partial charge in [-0.1, -0.05) is 0 Å². The second kappa shape index (κ2) is 5.30. The molecular weight excluding hydrogens is 208 g/mol. The van der Waals surface area contributed by atoms with Gasteiger partial charge in [-0.15, -0.1) is 0 Å². The van der Waals surface area contributed by atoms with E-state index in [1.165, 1.54) is 0 Å². The van der Waals surface area contributed by atoms with Crippen LogP contribution in [0.3, 0.4) is 0 Å². The van der Waals surface area contributed by atoms with Gasteiger partial charge in [-0.05, 0) is 39.3 Å². The van der Waals surface area contributed by atoms with Gasteiger partial charge in [0, 0.05) is 18.4 Å². The number of amides is 1. The molecule has 1 aliphatic heterocycles. The van der Waals surface area contributed by atoms with Crippen LogP contribution in [0.1, 0.15) is 33.1 Å². The lowest BCUT2D eigenvalue weighted by molar-refractivity contribution is -0.138. The van der Waals surface area contributed by atoms with Crippen molar-refractivity contribution in [2.75, 3.05) is 13.1 Å². The number of carboxylic acids is 1. The molecule has 5 nitrogen and oxygen atoms in total. The predicted molar refractivity (Wildman–Crippen MR) is 60.1 cm³/mol. The second-order valence-electron chi connectivity index (χ2n) is 5.05. The zero-order valence-corrected chi connectivity index (χ0v) is 9.88. The number of hydrogen-bond donors (Lipinski definition) is 3. The van der Waals surface area contributed by atoms with Gasteiger partial charge in [0.2, 0.25) is 5.91 Å². The van der Waals surface area contributed by atoms with Crippen molar-refractivity contribution in [1.29, 1.82) is 0 Å². The van der Waals surface area contributed by atoms with Gasteiger partial charge >= 0.3 is 5.97 Å². The summed E-state index contributed by atoms with van der Waals surface area (Å²) >= 11 is 0. The van der Waals surface area contributed by atoms with E-state index in [9.17, 15) is 9.59 Å². The van der Waals surface area contributed by atoms with Crippen molar-refractivity contribution in [3.8, 4) is 0 Å². The molecule has 0 atom stereocenters. The van der Waals surface area contributed by atoms with Gasteiger partial charge in [0.25, 0.3) is 0 Å². The van der Waals surface area contributed by atoms with Crippen molar-refractivity contribution in [3.63, 3.8) is 0 Å². The average molecular weight is 228 g/mol. The Bertz CT molecular complexity index is 272. The standard InChI is InChI=1S/C11H20N2O3/c1-11(2,4-3-10(15)16)13-9(14)5-8-6-12-7-8/h8,12H,3-7H2,1-2H3,(H,13,14)(H,15,16). The molecule has 0 aliphatic carbocycles. The van der Waals surface area contributed by atoms with E-state index >= 15 is 0 Å². The first-order valence-electron chi connectivity index (χ1n) is 5.62. The minimum atomic E-state index is -0.828. The van der Waals surface area contributed by atoms with Crippen LogP contribution in [-0.4, -0.2) is 35.6 Å². The number of aliphatic carboxylic acids is 1. The molecule has 0 aromatic carbocycles. The lowest BCUT2D eigenvalue weighted by Gasteiger charge is -2.30. The zero-order chi connectivity index (χ0) is 12.2. The Kier molecular flexibility index (Phi) is 4.29. The van der Waals surface area contributed by atoms with E-state index in [2.05, 4.69) is 10.6 Å². The molecule has 5 heteroatoms. The molecule has 92 valence electrons. The Morgan fingerprint density at radius 3 is 2.50 bits per heavy atom. The molecule has 0 aromatic rings. The summed E-state index contributed by atoms with van der Waals surface area (Å²) in [6, 6.07) is 0. The van der Waals surface area contributed by atoms with E-state index in [0.29, 0.717) is 18.8 Å². The van der Waals surface area contributed by atoms with Crippen molar-refractivity contribution >= 4 is 11.9 Å². The summed E-state index contributed by atoms with van der Waals surface area (Å²) in [6.07, 6.45) is 1.07. The Morgan fingerprint density at radius 2 is 2.06 bits per heavy atom. The summed E-state index contributed by atoms with van der Waals surface area (Å²) in [7, 11) is 0. The second-order valence-corrected chi connectivity index (χ2v) is 5.05. The van der Waals surface area contributed by atoms with Gasteiger partial charge in [0.15, 0.2) is 0 Å². The van der Waals surface area contributed by atoms with E-state index in [1.807, 2.05) is 13.8 Å². The minimum Gasteiger partial charge on any atom is -0.481 e. The van der Waals surface area contributed by atoms with Crippen LogP contribution in [0.25, 0.3) is 0 Å². The maximum atomic E-state index is 11.6. The monoisotopic (exact) mass is 228 g/mol. The third-order valence-corrected chi connectivity index (χ3v) is 2.78. The van der Waals surface area contributed by atoms with Crippen LogP contribution < -0.4 is 10.6 Å². The van der Waals surface area contributed by atoms with Crippen LogP contribution in [0.4, 0.5) is 0 Å². The highest BCUT2D eigenvalue weighted by Crippen LogP contribution is 2.14. The van der Waals surface area contributed by atoms with Crippen molar-refractivity contribution < 1.29 is 14.7 Å². The van der Waals surface area contributed by atoms with Crippen molar-refractivity contribution in [2.45, 2.75) is 38.6 Å². The summed E-state index contributed by atoms with van der Waals surface area (Å²) in [5.41, 5.74) is -0.438. The number of nitrogens with one attached hydrogen (secondary N) is 2. The molecule has 1 fully saturated rings. The zero-order valence-electron chi connectivity index (χ0n) is 9.88. The Hall–Kier alpha value is -1.10. The first-order chi connectivity index (χ1) is 7.39. The predicted octanol–water partition coefficient (Wildman–Crippen LogP) is 0.356. The highest BCUT2D eigenvalue weighted by atomic mass is 16.4. The summed E-state index contributed by atoms with van der Waals surface area (Å²) in [6.45, 7) is 5.52. The van der Waals surface area contributed by atoms with E-state index in [0.717, 1.165) is 13.1 Å². The van der Waals surface area contributed by atoms with E-state index in [4.69, 9.17) is 5.11 Å². The van der Waals surface area contributed by atoms with E-state index < -0.39 is 11.5 Å². The molecule has 0 unspecified atom stereocenters. The molecule has 1 heterocycles. The van der Waals surface area contributed by atoms with Crippen LogP contribution in [0.5, 0.6) is 0 Å². The molecule has 0 radical (unpaired) electrons. The molecule has 0 spiro atoms. The first-order valence-corrected chi connectivity index (χ1v) is 5.62. The number of carbonyl (C=O) groups is 2. The van der Waals surface area contributed by atoms with Gasteiger partial charge in [0.05, 0.1) is 0 Å². The van der Waals surface area contributed by atoms with Gasteiger partial charge in [-0.3, -0.25) is 9.59 Å². The van der Waals surface area contributed by atoms with E-state index in [1.54, 1.807) is 0 Å². The molecule has 1 aliphatic rings. The lowest BCUT2D eigenvalue weighted by Crippen LogP contribution is -2.48. The molecule has 1 amide bonds. The van der Waals surface area contributed by atoms with Gasteiger partial charge in [-0.25, -0.2) is 0 Å². The van der Waals surface area contributed by atoms with Crippen molar-refractivity contribution in [2.24, 2.45) is 5.92 Å². The Balaban J connectivity index is 2.26. The van der Waals surface area contributed by atoms with Gasteiger partial charge in [-0.2, -0.15) is 0 Å². The summed E-state index contributed by atoms with van der Waals surface area (Å²) < 4.78 is 0. The van der Waals surface area contributed by atoms with E-state index in [-0.39, 0.29) is 12.3 Å². The largest absolute Gasteiger partial charge is 0.481 e. The van der Waals surface area contributed by atoms with Crippen molar-refractivity contribution in [3.05, 3.63) is 0 Å². The number of carboxylic acid groups (broad SMARTS) is 1. The smallest absolute Gasteiger partial charge is 0.303 e. The van der Waals surface area contributed by atoms with Crippen LogP contribution in [0.15, 0.2) is 0 Å². The fourth-order valence-corrected chi connectivity index (χ4v) is 1.67. The minimum absolute atomic E-state index is 0.0156. The van der Waals surface area contributed by atoms with Crippen molar-refractivity contribution in [1.82, 2.24) is 10.6 Å². The lowest BCUT2D eigenvalue weighted by atomic mass is 9.95. The number of carbonyl (C=O) groups excluding carboxylic acids is 1. The van der Waals surface area contributed by atoms with Gasteiger partial charge in [0.1, 0.15) is 0 Å². The third kappa shape index (κ3) is 4.61. The third-order valence-electron chi connectivity index (χ3n) is 2.78. The number of rotatable bonds is 6. The molecule has 0 saturated carbocycles. The van der Waals surface area contributed by atoms with Crippen LogP contribution in [0.2, 0.25) is 0 Å². The summed E-state index contributed by atoms with van der Waals surface area (Å²) in [5.74, 6) is -0.373. The number of hydrogen-bond acceptors (Lipinski definition) is 3. The maximum absolute atomic E-state index is 11.6. The average Bonchev–Trinajstić information content (AvgIpc) is 2.08.